The molecule has 0 fully saturated rings. The number of anilines is 1. The minimum absolute atomic E-state index is 0.0448. The lowest BCUT2D eigenvalue weighted by molar-refractivity contribution is 0.550. The Morgan fingerprint density at radius 2 is 2.05 bits per heavy atom. The second-order valence-electron chi connectivity index (χ2n) is 4.12. The molecule has 0 radical (unpaired) electrons. The van der Waals surface area contributed by atoms with Crippen molar-refractivity contribution in [3.63, 3.8) is 0 Å². The van der Waals surface area contributed by atoms with Crippen LogP contribution in [0.3, 0.4) is 0 Å². The van der Waals surface area contributed by atoms with E-state index in [1.165, 1.54) is 0 Å². The third kappa shape index (κ3) is 3.63. The van der Waals surface area contributed by atoms with Gasteiger partial charge in [-0.1, -0.05) is 6.92 Å². The molecule has 0 amide bonds. The van der Waals surface area contributed by atoms with E-state index in [2.05, 4.69) is 20.3 Å². The van der Waals surface area contributed by atoms with Crippen LogP contribution in [0, 0.1) is 18.6 Å². The van der Waals surface area contributed by atoms with Gasteiger partial charge in [-0.25, -0.2) is 23.7 Å². The maximum absolute atomic E-state index is 13.7. The van der Waals surface area contributed by atoms with Crippen LogP contribution in [0.4, 0.5) is 14.6 Å². The van der Waals surface area contributed by atoms with E-state index in [0.717, 1.165) is 29.9 Å². The quantitative estimate of drug-likeness (QED) is 0.857. The van der Waals surface area contributed by atoms with Crippen LogP contribution in [-0.4, -0.2) is 21.5 Å². The molecule has 0 unspecified atom stereocenters. The Morgan fingerprint density at radius 3 is 2.75 bits per heavy atom. The summed E-state index contributed by atoms with van der Waals surface area (Å²) in [6, 6.07) is 2.57. The highest BCUT2D eigenvalue weighted by Crippen LogP contribution is 2.28. The molecule has 2 rings (SSSR count). The summed E-state index contributed by atoms with van der Waals surface area (Å²) in [5, 5.41) is 3.25. The lowest BCUT2D eigenvalue weighted by atomic mass is 10.4. The van der Waals surface area contributed by atoms with Crippen molar-refractivity contribution < 1.29 is 8.78 Å². The van der Waals surface area contributed by atoms with E-state index in [0.29, 0.717) is 11.7 Å². The van der Waals surface area contributed by atoms with E-state index in [9.17, 15) is 8.78 Å². The van der Waals surface area contributed by atoms with Crippen molar-refractivity contribution >= 4 is 17.6 Å². The molecule has 20 heavy (non-hydrogen) atoms. The van der Waals surface area contributed by atoms with Gasteiger partial charge in [0, 0.05) is 24.5 Å². The zero-order valence-corrected chi connectivity index (χ0v) is 12.0. The van der Waals surface area contributed by atoms with Crippen molar-refractivity contribution in [2.24, 2.45) is 0 Å². The molecule has 2 aromatic heterocycles. The minimum Gasteiger partial charge on any atom is -0.368 e. The number of nitrogens with one attached hydrogen (secondary N) is 1. The van der Waals surface area contributed by atoms with Crippen LogP contribution >= 0.6 is 11.8 Å². The van der Waals surface area contributed by atoms with Crippen LogP contribution in [0.15, 0.2) is 28.5 Å². The van der Waals surface area contributed by atoms with Gasteiger partial charge in [0.2, 0.25) is 0 Å². The van der Waals surface area contributed by atoms with E-state index in [1.807, 2.05) is 13.8 Å². The Morgan fingerprint density at radius 1 is 1.25 bits per heavy atom. The molecule has 0 aliphatic rings. The summed E-state index contributed by atoms with van der Waals surface area (Å²) in [7, 11) is 0. The molecule has 4 nitrogen and oxygen atoms in total. The fourth-order valence-electron chi connectivity index (χ4n) is 1.45. The zero-order valence-electron chi connectivity index (χ0n) is 11.2. The van der Waals surface area contributed by atoms with Gasteiger partial charge >= 0.3 is 0 Å². The third-order valence-corrected chi connectivity index (χ3v) is 3.26. The summed E-state index contributed by atoms with van der Waals surface area (Å²) in [6.07, 6.45) is 2.41. The molecule has 0 spiro atoms. The summed E-state index contributed by atoms with van der Waals surface area (Å²) < 4.78 is 27.3. The average Bonchev–Trinajstić information content (AvgIpc) is 2.40. The Bertz CT molecular complexity index is 607. The highest BCUT2D eigenvalue weighted by Gasteiger charge is 2.14. The second-order valence-corrected chi connectivity index (χ2v) is 5.07. The van der Waals surface area contributed by atoms with Crippen molar-refractivity contribution in [1.82, 2.24) is 15.0 Å². The van der Waals surface area contributed by atoms with Gasteiger partial charge in [-0.2, -0.15) is 0 Å². The molecule has 1 N–H and O–H groups in total. The summed E-state index contributed by atoms with van der Waals surface area (Å²) in [6.45, 7) is 4.33. The highest BCUT2D eigenvalue weighted by molar-refractivity contribution is 7.99. The maximum atomic E-state index is 13.7. The van der Waals surface area contributed by atoms with Crippen molar-refractivity contribution in [2.45, 2.75) is 30.5 Å². The SMILES string of the molecule is CCCNc1nc(Sc2nccc(C)n2)c(F)cc1F. The predicted molar refractivity (Wildman–Crippen MR) is 73.8 cm³/mol. The van der Waals surface area contributed by atoms with Gasteiger partial charge in [-0.3, -0.25) is 0 Å². The van der Waals surface area contributed by atoms with Gasteiger partial charge in [-0.05, 0) is 31.2 Å². The van der Waals surface area contributed by atoms with Gasteiger partial charge in [-0.15, -0.1) is 0 Å². The highest BCUT2D eigenvalue weighted by atomic mass is 32.2. The lowest BCUT2D eigenvalue weighted by Crippen LogP contribution is -2.06. The number of nitrogens with zero attached hydrogens (tertiary/aromatic N) is 3. The first kappa shape index (κ1) is 14.6. The van der Waals surface area contributed by atoms with E-state index in [1.54, 1.807) is 12.3 Å². The van der Waals surface area contributed by atoms with Crippen molar-refractivity contribution in [3.8, 4) is 0 Å². The molecule has 0 aliphatic heterocycles. The van der Waals surface area contributed by atoms with E-state index >= 15 is 0 Å². The number of rotatable bonds is 5. The average molecular weight is 296 g/mol. The first-order chi connectivity index (χ1) is 9.60. The fraction of sp³-hybridized carbons (Fsp3) is 0.308. The summed E-state index contributed by atoms with van der Waals surface area (Å²) >= 11 is 0.970. The largest absolute Gasteiger partial charge is 0.368 e. The molecule has 7 heteroatoms. The molecular formula is C13H14F2N4S. The molecule has 0 saturated carbocycles. The summed E-state index contributed by atoms with van der Waals surface area (Å²) in [4.78, 5) is 12.1. The molecule has 0 aromatic carbocycles. The van der Waals surface area contributed by atoms with Crippen molar-refractivity contribution in [2.75, 3.05) is 11.9 Å². The lowest BCUT2D eigenvalue weighted by Gasteiger charge is -2.08. The van der Waals surface area contributed by atoms with Crippen molar-refractivity contribution in [1.29, 1.82) is 0 Å². The molecule has 0 bridgehead atoms. The maximum Gasteiger partial charge on any atom is 0.194 e. The predicted octanol–water partition coefficient (Wildman–Crippen LogP) is 3.43. The van der Waals surface area contributed by atoms with E-state index in [4.69, 9.17) is 0 Å². The smallest absolute Gasteiger partial charge is 0.194 e. The minimum atomic E-state index is -0.723. The number of aromatic nitrogens is 3. The van der Waals surface area contributed by atoms with E-state index < -0.39 is 11.6 Å². The molecule has 0 aliphatic carbocycles. The van der Waals surface area contributed by atoms with Crippen LogP contribution in [0.2, 0.25) is 0 Å². The van der Waals surface area contributed by atoms with Crippen LogP contribution in [0.5, 0.6) is 0 Å². The Kier molecular flexibility index (Phi) is 4.84. The van der Waals surface area contributed by atoms with Crippen molar-refractivity contribution in [3.05, 3.63) is 35.7 Å². The topological polar surface area (TPSA) is 50.7 Å². The molecule has 0 atom stereocenters. The Hall–Kier alpha value is -1.76. The Balaban J connectivity index is 2.26. The molecule has 106 valence electrons. The Labute approximate surface area is 120 Å². The number of hydrogen-bond donors (Lipinski definition) is 1. The van der Waals surface area contributed by atoms with Crippen LogP contribution in [0.1, 0.15) is 19.0 Å². The fourth-order valence-corrected chi connectivity index (χ4v) is 2.22. The number of aryl methyl sites for hydroxylation is 1. The molecular weight excluding hydrogens is 282 g/mol. The first-order valence-corrected chi connectivity index (χ1v) is 6.99. The van der Waals surface area contributed by atoms with Gasteiger partial charge < -0.3 is 5.32 Å². The monoisotopic (exact) mass is 296 g/mol. The summed E-state index contributed by atoms with van der Waals surface area (Å²) in [5.74, 6) is -1.38. The number of hydrogen-bond acceptors (Lipinski definition) is 5. The van der Waals surface area contributed by atoms with Crippen LogP contribution < -0.4 is 5.32 Å². The van der Waals surface area contributed by atoms with Gasteiger partial charge in [0.15, 0.2) is 22.6 Å². The zero-order chi connectivity index (χ0) is 14.5. The molecule has 0 saturated heterocycles. The molecule has 2 heterocycles. The normalized spacial score (nSPS) is 10.6. The van der Waals surface area contributed by atoms with Gasteiger partial charge in [0.05, 0.1) is 0 Å². The second kappa shape index (κ2) is 6.60. The van der Waals surface area contributed by atoms with Gasteiger partial charge in [0.25, 0.3) is 0 Å². The third-order valence-electron chi connectivity index (χ3n) is 2.40. The number of pyridine rings is 1. The molecule has 2 aromatic rings. The van der Waals surface area contributed by atoms with E-state index in [-0.39, 0.29) is 10.8 Å². The summed E-state index contributed by atoms with van der Waals surface area (Å²) in [5.41, 5.74) is 0.773. The first-order valence-electron chi connectivity index (χ1n) is 6.17. The van der Waals surface area contributed by atoms with Gasteiger partial charge in [0.1, 0.15) is 5.03 Å². The standard InChI is InChI=1S/C13H14F2N4S/c1-3-5-16-11-9(14)7-10(15)12(19-11)20-13-17-6-4-8(2)18-13/h4,6-7H,3,5H2,1-2H3,(H,16,19). The van der Waals surface area contributed by atoms with Crippen LogP contribution in [-0.2, 0) is 0 Å². The van der Waals surface area contributed by atoms with Crippen LogP contribution in [0.25, 0.3) is 0 Å². The number of halogens is 2.